The van der Waals surface area contributed by atoms with Crippen molar-refractivity contribution < 1.29 is 9.59 Å². The molecule has 2 amide bonds. The first-order valence-electron chi connectivity index (χ1n) is 6.81. The Balaban J connectivity index is 2.48. The molecule has 102 valence electrons. The summed E-state index contributed by atoms with van der Waals surface area (Å²) in [6.07, 6.45) is 1.45. The summed E-state index contributed by atoms with van der Waals surface area (Å²) in [5, 5.41) is 2.74. The zero-order valence-electron chi connectivity index (χ0n) is 11.6. The molecule has 1 fully saturated rings. The summed E-state index contributed by atoms with van der Waals surface area (Å²) in [7, 11) is 0. The van der Waals surface area contributed by atoms with Gasteiger partial charge < -0.3 is 5.32 Å². The van der Waals surface area contributed by atoms with E-state index < -0.39 is 12.1 Å². The molecule has 0 aliphatic carbocycles. The van der Waals surface area contributed by atoms with E-state index in [1.165, 1.54) is 0 Å². The minimum Gasteiger partial charge on any atom is -0.343 e. The normalized spacial score (nSPS) is 23.4. The lowest BCUT2D eigenvalue weighted by Gasteiger charge is -2.38. The van der Waals surface area contributed by atoms with Gasteiger partial charge in [0.1, 0.15) is 12.1 Å². The zero-order chi connectivity index (χ0) is 14.0. The van der Waals surface area contributed by atoms with Crippen molar-refractivity contribution >= 4 is 17.5 Å². The van der Waals surface area contributed by atoms with Gasteiger partial charge in [0.2, 0.25) is 11.8 Å². The van der Waals surface area contributed by atoms with Gasteiger partial charge in [-0.25, -0.2) is 0 Å². The van der Waals surface area contributed by atoms with Crippen molar-refractivity contribution in [1.82, 2.24) is 5.32 Å². The highest BCUT2D eigenvalue weighted by Crippen LogP contribution is 2.27. The van der Waals surface area contributed by atoms with Crippen LogP contribution >= 0.6 is 0 Å². The van der Waals surface area contributed by atoms with Crippen molar-refractivity contribution in [3.05, 3.63) is 29.8 Å². The summed E-state index contributed by atoms with van der Waals surface area (Å²) in [6, 6.07) is 6.93. The zero-order valence-corrected chi connectivity index (χ0v) is 11.6. The number of anilines is 1. The van der Waals surface area contributed by atoms with E-state index in [4.69, 9.17) is 0 Å². The second-order valence-electron chi connectivity index (χ2n) is 4.84. The van der Waals surface area contributed by atoms with E-state index in [1.54, 1.807) is 11.8 Å². The van der Waals surface area contributed by atoms with E-state index in [-0.39, 0.29) is 11.8 Å². The molecular formula is C15H20N2O2. The standard InChI is InChI=1S/C15H20N2O2/c1-4-11-8-6-7-9-13(11)17-12(5-2)14(18)16-10(3)15(17)19/h6-10,12H,4-5H2,1-3H3,(H,16,18). The summed E-state index contributed by atoms with van der Waals surface area (Å²) in [5.41, 5.74) is 1.96. The number of rotatable bonds is 3. The number of nitrogens with zero attached hydrogens (tertiary/aromatic N) is 1. The molecule has 0 bridgehead atoms. The lowest BCUT2D eigenvalue weighted by atomic mass is 10.0. The van der Waals surface area contributed by atoms with Gasteiger partial charge in [-0.15, -0.1) is 0 Å². The van der Waals surface area contributed by atoms with Gasteiger partial charge in [0, 0.05) is 5.69 Å². The predicted octanol–water partition coefficient (Wildman–Crippen LogP) is 1.88. The van der Waals surface area contributed by atoms with Crippen molar-refractivity contribution in [3.63, 3.8) is 0 Å². The average molecular weight is 260 g/mol. The Morgan fingerprint density at radius 1 is 1.21 bits per heavy atom. The van der Waals surface area contributed by atoms with Crippen LogP contribution < -0.4 is 10.2 Å². The molecule has 2 atom stereocenters. The Kier molecular flexibility index (Phi) is 3.88. The minimum absolute atomic E-state index is 0.0349. The number of hydrogen-bond donors (Lipinski definition) is 1. The van der Waals surface area contributed by atoms with E-state index in [1.807, 2.05) is 31.2 Å². The van der Waals surface area contributed by atoms with Gasteiger partial charge in [-0.1, -0.05) is 32.0 Å². The molecule has 2 rings (SSSR count). The predicted molar refractivity (Wildman–Crippen MR) is 75.0 cm³/mol. The molecule has 0 spiro atoms. The Morgan fingerprint density at radius 3 is 2.53 bits per heavy atom. The number of carbonyl (C=O) groups is 2. The van der Waals surface area contributed by atoms with E-state index >= 15 is 0 Å². The molecule has 1 N–H and O–H groups in total. The van der Waals surface area contributed by atoms with Gasteiger partial charge in [0.05, 0.1) is 0 Å². The third-order valence-electron chi connectivity index (χ3n) is 3.60. The second kappa shape index (κ2) is 5.43. The highest BCUT2D eigenvalue weighted by molar-refractivity contribution is 6.08. The van der Waals surface area contributed by atoms with E-state index in [9.17, 15) is 9.59 Å². The maximum Gasteiger partial charge on any atom is 0.250 e. The summed E-state index contributed by atoms with van der Waals surface area (Å²) in [5.74, 6) is -0.104. The molecule has 1 aromatic carbocycles. The number of benzene rings is 1. The number of piperazine rings is 1. The molecule has 1 heterocycles. The maximum atomic E-state index is 12.4. The molecule has 1 aliphatic rings. The highest BCUT2D eigenvalue weighted by atomic mass is 16.2. The number of aryl methyl sites for hydroxylation is 1. The summed E-state index contributed by atoms with van der Waals surface area (Å²) in [6.45, 7) is 5.71. The number of nitrogens with one attached hydrogen (secondary N) is 1. The molecule has 4 heteroatoms. The lowest BCUT2D eigenvalue weighted by molar-refractivity contribution is -0.133. The number of para-hydroxylation sites is 1. The molecule has 4 nitrogen and oxygen atoms in total. The van der Waals surface area contributed by atoms with Crippen LogP contribution in [0, 0.1) is 0 Å². The third kappa shape index (κ3) is 2.35. The molecule has 1 saturated heterocycles. The quantitative estimate of drug-likeness (QED) is 0.902. The SMILES string of the molecule is CCc1ccccc1N1C(=O)C(C)NC(=O)C1CC. The lowest BCUT2D eigenvalue weighted by Crippen LogP contribution is -2.62. The molecule has 1 aliphatic heterocycles. The summed E-state index contributed by atoms with van der Waals surface area (Å²) in [4.78, 5) is 26.1. The van der Waals surface area contributed by atoms with E-state index in [0.29, 0.717) is 6.42 Å². The Bertz CT molecular complexity index is 499. The third-order valence-corrected chi connectivity index (χ3v) is 3.60. The Morgan fingerprint density at radius 2 is 1.89 bits per heavy atom. The summed E-state index contributed by atoms with van der Waals surface area (Å²) < 4.78 is 0. The Hall–Kier alpha value is -1.84. The van der Waals surface area contributed by atoms with Crippen molar-refractivity contribution in [2.24, 2.45) is 0 Å². The van der Waals surface area contributed by atoms with Gasteiger partial charge in [-0.2, -0.15) is 0 Å². The second-order valence-corrected chi connectivity index (χ2v) is 4.84. The van der Waals surface area contributed by atoms with Crippen LogP contribution in [-0.4, -0.2) is 23.9 Å². The number of amides is 2. The van der Waals surface area contributed by atoms with E-state index in [0.717, 1.165) is 17.7 Å². The van der Waals surface area contributed by atoms with Crippen LogP contribution in [0.25, 0.3) is 0 Å². The average Bonchev–Trinajstić information content (AvgIpc) is 2.42. The van der Waals surface area contributed by atoms with Gasteiger partial charge in [-0.3, -0.25) is 14.5 Å². The Labute approximate surface area is 113 Å². The highest BCUT2D eigenvalue weighted by Gasteiger charge is 2.38. The van der Waals surface area contributed by atoms with Gasteiger partial charge in [-0.05, 0) is 31.4 Å². The first kappa shape index (κ1) is 13.6. The van der Waals surface area contributed by atoms with Crippen LogP contribution in [0.15, 0.2) is 24.3 Å². The molecule has 0 aromatic heterocycles. The van der Waals surface area contributed by atoms with Gasteiger partial charge >= 0.3 is 0 Å². The van der Waals surface area contributed by atoms with Crippen LogP contribution in [0.4, 0.5) is 5.69 Å². The first-order chi connectivity index (χ1) is 9.10. The smallest absolute Gasteiger partial charge is 0.250 e. The van der Waals surface area contributed by atoms with E-state index in [2.05, 4.69) is 12.2 Å². The molecule has 0 saturated carbocycles. The monoisotopic (exact) mass is 260 g/mol. The largest absolute Gasteiger partial charge is 0.343 e. The van der Waals surface area contributed by atoms with Crippen LogP contribution in [0.1, 0.15) is 32.8 Å². The maximum absolute atomic E-state index is 12.4. The fourth-order valence-electron chi connectivity index (χ4n) is 2.55. The molecule has 1 aromatic rings. The molecule has 0 radical (unpaired) electrons. The molecular weight excluding hydrogens is 240 g/mol. The van der Waals surface area contributed by atoms with Crippen molar-refractivity contribution in [2.75, 3.05) is 4.90 Å². The number of hydrogen-bond acceptors (Lipinski definition) is 2. The topological polar surface area (TPSA) is 49.4 Å². The van der Waals surface area contributed by atoms with Gasteiger partial charge in [0.25, 0.3) is 0 Å². The van der Waals surface area contributed by atoms with Crippen molar-refractivity contribution in [3.8, 4) is 0 Å². The van der Waals surface area contributed by atoms with Crippen LogP contribution in [0.2, 0.25) is 0 Å². The molecule has 2 unspecified atom stereocenters. The summed E-state index contributed by atoms with van der Waals surface area (Å²) >= 11 is 0. The van der Waals surface area contributed by atoms with Gasteiger partial charge in [0.15, 0.2) is 0 Å². The number of carbonyl (C=O) groups excluding carboxylic acids is 2. The minimum atomic E-state index is -0.458. The van der Waals surface area contributed by atoms with Crippen LogP contribution in [-0.2, 0) is 16.0 Å². The fourth-order valence-corrected chi connectivity index (χ4v) is 2.55. The molecule has 19 heavy (non-hydrogen) atoms. The van der Waals surface area contributed by atoms with Crippen LogP contribution in [0.5, 0.6) is 0 Å². The first-order valence-corrected chi connectivity index (χ1v) is 6.81. The van der Waals surface area contributed by atoms with Crippen molar-refractivity contribution in [1.29, 1.82) is 0 Å². The van der Waals surface area contributed by atoms with Crippen LogP contribution in [0.3, 0.4) is 0 Å². The fraction of sp³-hybridized carbons (Fsp3) is 0.467. The van der Waals surface area contributed by atoms with Crippen molar-refractivity contribution in [2.45, 2.75) is 45.7 Å².